The lowest BCUT2D eigenvalue weighted by Gasteiger charge is -2.15. The van der Waals surface area contributed by atoms with Gasteiger partial charge in [0.05, 0.1) is 13.2 Å². The molecular weight excluding hydrogens is 328 g/mol. The van der Waals surface area contributed by atoms with E-state index in [0.29, 0.717) is 13.2 Å². The Kier molecular flexibility index (Phi) is 9.62. The van der Waals surface area contributed by atoms with Crippen LogP contribution in [0.4, 0.5) is 0 Å². The van der Waals surface area contributed by atoms with Crippen molar-refractivity contribution < 1.29 is 19.7 Å². The van der Waals surface area contributed by atoms with Crippen LogP contribution in [0.2, 0.25) is 0 Å². The number of aliphatic hydroxyl groups excluding tert-OH is 2. The van der Waals surface area contributed by atoms with Gasteiger partial charge >= 0.3 is 0 Å². The lowest BCUT2D eigenvalue weighted by Crippen LogP contribution is -2.01. The van der Waals surface area contributed by atoms with Gasteiger partial charge in [0.1, 0.15) is 11.5 Å². The van der Waals surface area contributed by atoms with Crippen LogP contribution >= 0.6 is 0 Å². The van der Waals surface area contributed by atoms with Crippen LogP contribution in [0.1, 0.15) is 38.5 Å². The normalized spacial score (nSPS) is 10.7. The van der Waals surface area contributed by atoms with Crippen molar-refractivity contribution >= 4 is 0 Å². The Balaban J connectivity index is 2.03. The Morgan fingerprint density at radius 1 is 0.538 bits per heavy atom. The fraction of sp³-hybridized carbons (Fsp3) is 0.455. The predicted octanol–water partition coefficient (Wildman–Crippen LogP) is 4.44. The molecule has 4 heteroatoms. The van der Waals surface area contributed by atoms with Crippen LogP contribution in [-0.2, 0) is 0 Å². The number of hydrogen-bond acceptors (Lipinski definition) is 4. The molecule has 0 aliphatic carbocycles. The second-order valence-electron chi connectivity index (χ2n) is 6.26. The van der Waals surface area contributed by atoms with Crippen molar-refractivity contribution in [3.63, 3.8) is 0 Å². The van der Waals surface area contributed by atoms with Crippen molar-refractivity contribution in [2.75, 3.05) is 26.4 Å². The van der Waals surface area contributed by atoms with Crippen LogP contribution in [0.3, 0.4) is 0 Å². The Morgan fingerprint density at radius 2 is 0.962 bits per heavy atom. The number of para-hydroxylation sites is 2. The molecule has 0 fully saturated rings. The molecule has 2 aromatic rings. The fourth-order valence-electron chi connectivity index (χ4n) is 2.78. The third kappa shape index (κ3) is 6.70. The van der Waals surface area contributed by atoms with Crippen molar-refractivity contribution in [1.82, 2.24) is 0 Å². The van der Waals surface area contributed by atoms with Crippen molar-refractivity contribution in [2.24, 2.45) is 0 Å². The molecule has 0 amide bonds. The zero-order valence-electron chi connectivity index (χ0n) is 15.4. The minimum atomic E-state index is 0.236. The second-order valence-corrected chi connectivity index (χ2v) is 6.26. The summed E-state index contributed by atoms with van der Waals surface area (Å²) in [5, 5.41) is 17.7. The van der Waals surface area contributed by atoms with Crippen LogP contribution < -0.4 is 9.47 Å². The monoisotopic (exact) mass is 358 g/mol. The van der Waals surface area contributed by atoms with Gasteiger partial charge in [0.25, 0.3) is 0 Å². The van der Waals surface area contributed by atoms with Crippen LogP contribution in [0, 0.1) is 0 Å². The van der Waals surface area contributed by atoms with Gasteiger partial charge in [-0.15, -0.1) is 0 Å². The highest BCUT2D eigenvalue weighted by Gasteiger charge is 2.11. The van der Waals surface area contributed by atoms with Gasteiger partial charge in [-0.25, -0.2) is 0 Å². The molecule has 142 valence electrons. The fourth-order valence-corrected chi connectivity index (χ4v) is 2.78. The molecule has 2 N–H and O–H groups in total. The van der Waals surface area contributed by atoms with E-state index in [1.54, 1.807) is 0 Å². The van der Waals surface area contributed by atoms with Gasteiger partial charge in [-0.05, 0) is 50.7 Å². The standard InChI is InChI=1S/C22H30O4/c23-15-7-1-9-17-25-21-13-5-3-11-19(21)20-12-4-6-14-22(20)26-18-10-2-8-16-24/h3-6,11-14,23-24H,1-2,7-10,15-18H2. The van der Waals surface area contributed by atoms with E-state index < -0.39 is 0 Å². The van der Waals surface area contributed by atoms with Crippen molar-refractivity contribution in [3.05, 3.63) is 48.5 Å². The maximum atomic E-state index is 8.86. The molecule has 26 heavy (non-hydrogen) atoms. The first-order valence-electron chi connectivity index (χ1n) is 9.52. The number of aliphatic hydroxyl groups is 2. The SMILES string of the molecule is OCCCCCOc1ccccc1-c1ccccc1OCCCCCO. The number of unbranched alkanes of at least 4 members (excludes halogenated alkanes) is 4. The molecule has 0 aromatic heterocycles. The predicted molar refractivity (Wildman–Crippen MR) is 105 cm³/mol. The molecule has 2 aromatic carbocycles. The third-order valence-corrected chi connectivity index (χ3v) is 4.18. The summed E-state index contributed by atoms with van der Waals surface area (Å²) in [4.78, 5) is 0. The highest BCUT2D eigenvalue weighted by Crippen LogP contribution is 2.36. The van der Waals surface area contributed by atoms with Gasteiger partial charge < -0.3 is 19.7 Å². The molecular formula is C22H30O4. The maximum Gasteiger partial charge on any atom is 0.127 e. The van der Waals surface area contributed by atoms with Gasteiger partial charge in [-0.2, -0.15) is 0 Å². The molecule has 2 rings (SSSR count). The summed E-state index contributed by atoms with van der Waals surface area (Å²) in [5.41, 5.74) is 2.06. The first-order valence-corrected chi connectivity index (χ1v) is 9.52. The Morgan fingerprint density at radius 3 is 1.38 bits per heavy atom. The van der Waals surface area contributed by atoms with Crippen molar-refractivity contribution in [2.45, 2.75) is 38.5 Å². The molecule has 0 radical (unpaired) electrons. The number of hydrogen-bond donors (Lipinski definition) is 2. The van der Waals surface area contributed by atoms with E-state index in [2.05, 4.69) is 12.1 Å². The third-order valence-electron chi connectivity index (χ3n) is 4.18. The van der Waals surface area contributed by atoms with E-state index in [1.807, 2.05) is 36.4 Å². The molecule has 0 saturated heterocycles. The minimum absolute atomic E-state index is 0.236. The lowest BCUT2D eigenvalue weighted by atomic mass is 10.0. The molecule has 0 atom stereocenters. The zero-order chi connectivity index (χ0) is 18.5. The minimum Gasteiger partial charge on any atom is -0.493 e. The molecule has 0 aliphatic heterocycles. The average molecular weight is 358 g/mol. The van der Waals surface area contributed by atoms with Crippen molar-refractivity contribution in [3.8, 4) is 22.6 Å². The maximum absolute atomic E-state index is 8.86. The van der Waals surface area contributed by atoms with Gasteiger partial charge in [0, 0.05) is 24.3 Å². The van der Waals surface area contributed by atoms with Crippen molar-refractivity contribution in [1.29, 1.82) is 0 Å². The summed E-state index contributed by atoms with van der Waals surface area (Å²) < 4.78 is 12.0. The van der Waals surface area contributed by atoms with Crippen LogP contribution in [-0.4, -0.2) is 36.6 Å². The quantitative estimate of drug-likeness (QED) is 0.520. The topological polar surface area (TPSA) is 58.9 Å². The van der Waals surface area contributed by atoms with E-state index in [9.17, 15) is 0 Å². The molecule has 0 saturated carbocycles. The average Bonchev–Trinajstić information content (AvgIpc) is 2.68. The number of rotatable bonds is 13. The van der Waals surface area contributed by atoms with Gasteiger partial charge in [0.15, 0.2) is 0 Å². The molecule has 4 nitrogen and oxygen atoms in total. The highest BCUT2D eigenvalue weighted by atomic mass is 16.5. The smallest absolute Gasteiger partial charge is 0.127 e. The largest absolute Gasteiger partial charge is 0.493 e. The van der Waals surface area contributed by atoms with E-state index in [-0.39, 0.29) is 13.2 Å². The van der Waals surface area contributed by atoms with Crippen LogP contribution in [0.5, 0.6) is 11.5 Å². The van der Waals surface area contributed by atoms with E-state index in [0.717, 1.165) is 61.2 Å². The molecule has 0 bridgehead atoms. The zero-order valence-corrected chi connectivity index (χ0v) is 15.4. The molecule has 0 aliphatic rings. The summed E-state index contributed by atoms with van der Waals surface area (Å²) in [6.07, 6.45) is 5.42. The second kappa shape index (κ2) is 12.3. The first-order chi connectivity index (χ1) is 12.9. The number of benzene rings is 2. The van der Waals surface area contributed by atoms with Crippen LogP contribution in [0.25, 0.3) is 11.1 Å². The first kappa shape index (κ1) is 20.3. The van der Waals surface area contributed by atoms with E-state index >= 15 is 0 Å². The Bertz CT molecular complexity index is 572. The molecule has 0 spiro atoms. The summed E-state index contributed by atoms with van der Waals surface area (Å²) in [6.45, 7) is 1.75. The Labute approximate surface area is 156 Å². The lowest BCUT2D eigenvalue weighted by molar-refractivity contribution is 0.265. The van der Waals surface area contributed by atoms with E-state index in [1.165, 1.54) is 0 Å². The summed E-state index contributed by atoms with van der Waals surface area (Å²) in [7, 11) is 0. The molecule has 0 heterocycles. The van der Waals surface area contributed by atoms with Gasteiger partial charge in [-0.3, -0.25) is 0 Å². The number of ether oxygens (including phenoxy) is 2. The van der Waals surface area contributed by atoms with E-state index in [4.69, 9.17) is 19.7 Å². The van der Waals surface area contributed by atoms with Gasteiger partial charge in [0.2, 0.25) is 0 Å². The highest BCUT2D eigenvalue weighted by molar-refractivity contribution is 5.75. The summed E-state index contributed by atoms with van der Waals surface area (Å²) in [5.74, 6) is 1.71. The van der Waals surface area contributed by atoms with Crippen LogP contribution in [0.15, 0.2) is 48.5 Å². The summed E-state index contributed by atoms with van der Waals surface area (Å²) in [6, 6.07) is 16.0. The van der Waals surface area contributed by atoms with Gasteiger partial charge in [-0.1, -0.05) is 36.4 Å². The Hall–Kier alpha value is -2.04. The molecule has 0 unspecified atom stereocenters. The summed E-state index contributed by atoms with van der Waals surface area (Å²) >= 11 is 0.